The maximum Gasteiger partial charge on any atom is 0.323 e. The predicted octanol–water partition coefficient (Wildman–Crippen LogP) is 3.79. The van der Waals surface area contributed by atoms with Gasteiger partial charge in [0, 0.05) is 12.3 Å². The summed E-state index contributed by atoms with van der Waals surface area (Å²) < 4.78 is 23.5. The topological polar surface area (TPSA) is 224 Å². The van der Waals surface area contributed by atoms with E-state index in [0.717, 1.165) is 25.7 Å². The number of aliphatic hydroxyl groups is 1. The summed E-state index contributed by atoms with van der Waals surface area (Å²) >= 11 is 0. The molecular weight excluding hydrogens is 684 g/mol. The van der Waals surface area contributed by atoms with Gasteiger partial charge in [-0.2, -0.15) is 4.98 Å². The number of aromatic amines is 1. The summed E-state index contributed by atoms with van der Waals surface area (Å²) in [6.45, 7) is 14.3. The van der Waals surface area contributed by atoms with E-state index in [4.69, 9.17) is 30.4 Å². The van der Waals surface area contributed by atoms with Gasteiger partial charge in [0.05, 0.1) is 30.9 Å². The van der Waals surface area contributed by atoms with Crippen molar-refractivity contribution in [3.63, 3.8) is 0 Å². The Labute approximate surface area is 310 Å². The molecule has 3 aliphatic rings. The lowest BCUT2D eigenvalue weighted by atomic mass is 9.65. The molecule has 0 spiro atoms. The predicted molar refractivity (Wildman–Crippen MR) is 198 cm³/mol. The molecule has 0 unspecified atom stereocenters. The van der Waals surface area contributed by atoms with Crippen LogP contribution in [0.2, 0.25) is 0 Å². The summed E-state index contributed by atoms with van der Waals surface area (Å²) in [5.41, 5.74) is 12.0. The van der Waals surface area contributed by atoms with Crippen LogP contribution >= 0.6 is 0 Å². The molecule has 1 saturated heterocycles. The number of anilines is 1. The zero-order chi connectivity index (χ0) is 39.0. The normalized spacial score (nSPS) is 26.2. The van der Waals surface area contributed by atoms with Crippen LogP contribution in [0.3, 0.4) is 0 Å². The van der Waals surface area contributed by atoms with Gasteiger partial charge in [-0.25, -0.2) is 4.98 Å². The van der Waals surface area contributed by atoms with E-state index in [1.54, 1.807) is 0 Å². The lowest BCUT2D eigenvalue weighted by Gasteiger charge is -2.44. The van der Waals surface area contributed by atoms with Gasteiger partial charge in [0.25, 0.3) is 5.56 Å². The van der Waals surface area contributed by atoms with Crippen LogP contribution < -0.4 is 17.0 Å². The number of allylic oxidation sites excluding steroid dienone is 3. The van der Waals surface area contributed by atoms with E-state index in [1.807, 2.05) is 34.6 Å². The molecule has 5 rings (SSSR count). The Kier molecular flexibility index (Phi) is 14.4. The van der Waals surface area contributed by atoms with Gasteiger partial charge in [0.15, 0.2) is 11.2 Å². The Hall–Kier alpha value is -4.08. The van der Waals surface area contributed by atoms with Crippen LogP contribution in [0.25, 0.3) is 11.2 Å². The molecular formula is C38H58N6O9. The van der Waals surface area contributed by atoms with Gasteiger partial charge in [0.2, 0.25) is 5.95 Å². The number of aromatic nitrogens is 4. The fourth-order valence-corrected chi connectivity index (χ4v) is 6.88. The second-order valence-electron chi connectivity index (χ2n) is 15.6. The van der Waals surface area contributed by atoms with Gasteiger partial charge < -0.3 is 35.5 Å². The molecule has 6 N–H and O–H groups in total. The fraction of sp³-hybridized carbons (Fsp3) is 0.684. The lowest BCUT2D eigenvalue weighted by Crippen LogP contribution is -2.43. The monoisotopic (exact) mass is 742 g/mol. The van der Waals surface area contributed by atoms with Gasteiger partial charge >= 0.3 is 17.9 Å². The zero-order valence-corrected chi connectivity index (χ0v) is 32.1. The smallest absolute Gasteiger partial charge is 0.323 e. The quantitative estimate of drug-likeness (QED) is 0.130. The molecule has 8 atom stereocenters. The highest BCUT2D eigenvalue weighted by Gasteiger charge is 2.43. The number of nitrogens with one attached hydrogen (secondary N) is 1. The van der Waals surface area contributed by atoms with Crippen LogP contribution in [0.5, 0.6) is 0 Å². The van der Waals surface area contributed by atoms with E-state index in [0.29, 0.717) is 29.8 Å². The standard InChI is InChI=1S/C25H38O5.C13H20N6O4/c1-6-25(4,5)24(28)30-21-12-15(2)11-17-8-7-16(3)20(23(17)21)10-9-19-13-18(26)14-22(27)29-19;1-7(2)8(14)12(21)23-4-3-22-6-19-5-16-9-10(19)17-13(15)18-11(9)20/h7-8,11,15-16,18-21,23,26H,6,9-10,12-14H2,1-5H3;5,7-8H,3-4,6,14H2,1-2H3,(H3,15,17,18,20)/t15-,16-,18+,19+,20-,21-,23-;8-/m00/s1. The van der Waals surface area contributed by atoms with E-state index >= 15 is 0 Å². The maximum absolute atomic E-state index is 12.9. The number of ether oxygens (including phenoxy) is 4. The number of nitrogens with zero attached hydrogens (tertiary/aromatic N) is 3. The number of carbonyl (C=O) groups is 3. The van der Waals surface area contributed by atoms with Crippen LogP contribution in [0, 0.1) is 35.0 Å². The number of carbonyl (C=O) groups excluding carboxylic acids is 3. The summed E-state index contributed by atoms with van der Waals surface area (Å²) in [5, 5.41) is 9.92. The summed E-state index contributed by atoms with van der Waals surface area (Å²) in [6.07, 6.45) is 11.0. The third kappa shape index (κ3) is 11.0. The van der Waals surface area contributed by atoms with Crippen LogP contribution in [-0.2, 0) is 40.1 Å². The molecule has 0 saturated carbocycles. The summed E-state index contributed by atoms with van der Waals surface area (Å²) in [4.78, 5) is 58.0. The van der Waals surface area contributed by atoms with E-state index in [2.05, 4.69) is 47.0 Å². The second-order valence-corrected chi connectivity index (χ2v) is 15.6. The molecule has 15 nitrogen and oxygen atoms in total. The van der Waals surface area contributed by atoms with E-state index < -0.39 is 29.1 Å². The summed E-state index contributed by atoms with van der Waals surface area (Å²) in [5.74, 6) is 0.326. The first kappa shape index (κ1) is 41.7. The van der Waals surface area contributed by atoms with Crippen molar-refractivity contribution in [2.75, 3.05) is 18.9 Å². The van der Waals surface area contributed by atoms with E-state index in [9.17, 15) is 24.3 Å². The Morgan fingerprint density at radius 3 is 2.58 bits per heavy atom. The van der Waals surface area contributed by atoms with Crippen molar-refractivity contribution in [2.45, 2.75) is 118 Å². The van der Waals surface area contributed by atoms with E-state index in [1.165, 1.54) is 16.5 Å². The number of H-pyrrole nitrogens is 1. The minimum absolute atomic E-state index is 0.000790. The highest BCUT2D eigenvalue weighted by molar-refractivity contribution is 5.76. The Balaban J connectivity index is 0.000000245. The number of rotatable bonds is 13. The van der Waals surface area contributed by atoms with Crippen molar-refractivity contribution in [1.82, 2.24) is 19.5 Å². The number of aliphatic hydroxyl groups excluding tert-OH is 1. The van der Waals surface area contributed by atoms with Crippen molar-refractivity contribution in [2.24, 2.45) is 40.7 Å². The minimum Gasteiger partial charge on any atom is -0.462 e. The van der Waals surface area contributed by atoms with Gasteiger partial charge in [0.1, 0.15) is 31.6 Å². The van der Waals surface area contributed by atoms with E-state index in [-0.39, 0.29) is 73.8 Å². The molecule has 0 amide bonds. The number of fused-ring (bicyclic) bond motifs is 2. The number of nitrogens with two attached hydrogens (primary N) is 2. The Morgan fingerprint density at radius 1 is 1.17 bits per heavy atom. The van der Waals surface area contributed by atoms with Gasteiger partial charge in [-0.1, -0.05) is 52.8 Å². The third-order valence-electron chi connectivity index (χ3n) is 10.5. The van der Waals surface area contributed by atoms with Crippen molar-refractivity contribution >= 4 is 35.0 Å². The second kappa shape index (κ2) is 18.3. The average Bonchev–Trinajstić information content (AvgIpc) is 3.49. The molecule has 3 heterocycles. The van der Waals surface area contributed by atoms with Crippen molar-refractivity contribution in [1.29, 1.82) is 0 Å². The first-order valence-corrected chi connectivity index (χ1v) is 18.7. The number of nitrogen functional groups attached to an aromatic ring is 1. The molecule has 0 radical (unpaired) electrons. The van der Waals surface area contributed by atoms with Gasteiger partial charge in [-0.3, -0.25) is 28.7 Å². The SMILES string of the molecule is CC(C)[C@H](N)C(=O)OCCOCn1cnc2c(=O)[nH]c(N)nc21.CCC(C)(C)C(=O)O[C@H]1C[C@@H](C)C=C2C=C[C@H](C)[C@H](CC[C@@H]3C[C@@H](O)CC(=O)O3)[C@H]21. The molecule has 1 aliphatic heterocycles. The minimum atomic E-state index is -0.647. The molecule has 2 aliphatic carbocycles. The fourth-order valence-electron chi connectivity index (χ4n) is 6.88. The average molecular weight is 743 g/mol. The first-order chi connectivity index (χ1) is 25.0. The highest BCUT2D eigenvalue weighted by Crippen LogP contribution is 2.45. The molecule has 294 valence electrons. The number of esters is 3. The van der Waals surface area contributed by atoms with Crippen LogP contribution in [0.1, 0.15) is 87.0 Å². The molecule has 15 heteroatoms. The van der Waals surface area contributed by atoms with Crippen LogP contribution in [0.15, 0.2) is 34.9 Å². The molecule has 0 aromatic carbocycles. The largest absolute Gasteiger partial charge is 0.462 e. The molecule has 1 fully saturated rings. The zero-order valence-electron chi connectivity index (χ0n) is 32.1. The lowest BCUT2D eigenvalue weighted by molar-refractivity contribution is -0.166. The number of hydrogen-bond donors (Lipinski definition) is 4. The maximum atomic E-state index is 12.9. The highest BCUT2D eigenvalue weighted by atomic mass is 16.6. The van der Waals surface area contributed by atoms with Gasteiger partial charge in [-0.15, -0.1) is 0 Å². The molecule has 2 aromatic rings. The molecule has 0 bridgehead atoms. The molecule has 53 heavy (non-hydrogen) atoms. The van der Waals surface area contributed by atoms with Crippen LogP contribution in [0.4, 0.5) is 5.95 Å². The summed E-state index contributed by atoms with van der Waals surface area (Å²) in [7, 11) is 0. The Bertz CT molecular complexity index is 1700. The number of hydrogen-bond acceptors (Lipinski definition) is 13. The number of imidazole rings is 1. The third-order valence-corrected chi connectivity index (χ3v) is 10.5. The summed E-state index contributed by atoms with van der Waals surface area (Å²) in [6, 6.07) is -0.647. The number of cyclic esters (lactones) is 1. The first-order valence-electron chi connectivity index (χ1n) is 18.7. The van der Waals surface area contributed by atoms with Crippen molar-refractivity contribution in [3.05, 3.63) is 40.5 Å². The Morgan fingerprint density at radius 2 is 1.91 bits per heavy atom. The van der Waals surface area contributed by atoms with Crippen LogP contribution in [-0.4, -0.2) is 80.1 Å². The molecule has 2 aromatic heterocycles. The van der Waals surface area contributed by atoms with Crippen molar-refractivity contribution in [3.8, 4) is 0 Å². The van der Waals surface area contributed by atoms with Crippen molar-refractivity contribution < 1.29 is 38.4 Å². The van der Waals surface area contributed by atoms with Gasteiger partial charge in [-0.05, 0) is 68.8 Å².